The first-order valence-corrected chi connectivity index (χ1v) is 8.10. The van der Waals surface area contributed by atoms with Crippen LogP contribution in [-0.2, 0) is 0 Å². The third kappa shape index (κ3) is 4.49. The van der Waals surface area contributed by atoms with Gasteiger partial charge >= 0.3 is 0 Å². The molecule has 2 N–H and O–H groups in total. The molecule has 1 aromatic carbocycles. The fourth-order valence-corrected chi connectivity index (χ4v) is 2.29. The van der Waals surface area contributed by atoms with Gasteiger partial charge in [-0.2, -0.15) is 0 Å². The molecule has 0 saturated heterocycles. The van der Waals surface area contributed by atoms with E-state index >= 15 is 0 Å². The lowest BCUT2D eigenvalue weighted by Crippen LogP contribution is -2.14. The Morgan fingerprint density at radius 1 is 1.24 bits per heavy atom. The first-order chi connectivity index (χ1) is 10.2. The summed E-state index contributed by atoms with van der Waals surface area (Å²) in [5, 5.41) is 6.12. The highest BCUT2D eigenvalue weighted by Crippen LogP contribution is 2.19. The Labute approximate surface area is 129 Å². The van der Waals surface area contributed by atoms with Crippen LogP contribution in [0.3, 0.4) is 0 Å². The number of anilines is 2. The summed E-state index contributed by atoms with van der Waals surface area (Å²) >= 11 is 1.64. The summed E-state index contributed by atoms with van der Waals surface area (Å²) in [7, 11) is 0. The monoisotopic (exact) mass is 301 g/mol. The Bertz CT molecular complexity index is 616. The number of amides is 1. The van der Waals surface area contributed by atoms with Crippen LogP contribution in [0.4, 0.5) is 11.4 Å². The normalized spacial score (nSPS) is 10.2. The summed E-state index contributed by atoms with van der Waals surface area (Å²) in [5.41, 5.74) is 2.10. The number of thioether (sulfide) groups is 1. The summed E-state index contributed by atoms with van der Waals surface area (Å²) in [4.78, 5) is 17.5. The van der Waals surface area contributed by atoms with E-state index in [1.807, 2.05) is 36.6 Å². The molecule has 0 radical (unpaired) electrons. The van der Waals surface area contributed by atoms with Crippen molar-refractivity contribution in [2.24, 2.45) is 0 Å². The Morgan fingerprint density at radius 2 is 2.10 bits per heavy atom. The molecule has 1 heterocycles. The van der Waals surface area contributed by atoms with Crippen LogP contribution in [0.5, 0.6) is 0 Å². The van der Waals surface area contributed by atoms with E-state index in [4.69, 9.17) is 0 Å². The van der Waals surface area contributed by atoms with Crippen molar-refractivity contribution in [1.29, 1.82) is 0 Å². The van der Waals surface area contributed by atoms with E-state index in [2.05, 4.69) is 22.5 Å². The first kappa shape index (κ1) is 15.4. The van der Waals surface area contributed by atoms with Gasteiger partial charge < -0.3 is 10.6 Å². The molecule has 21 heavy (non-hydrogen) atoms. The standard InChI is InChI=1S/C16H19N3OS/c1-3-8-17-12-7-9-18-15(11-12)16(20)19-13-5-4-6-14(10-13)21-2/h4-7,9-11H,3,8H2,1-2H3,(H,17,18)(H,19,20). The molecule has 0 aliphatic carbocycles. The molecule has 2 aromatic rings. The van der Waals surface area contributed by atoms with Crippen LogP contribution in [-0.4, -0.2) is 23.7 Å². The number of carbonyl (C=O) groups is 1. The maximum atomic E-state index is 12.2. The number of rotatable bonds is 6. The molecule has 4 nitrogen and oxygen atoms in total. The SMILES string of the molecule is CCCNc1ccnc(C(=O)Nc2cccc(SC)c2)c1. The summed E-state index contributed by atoms with van der Waals surface area (Å²) < 4.78 is 0. The molecule has 110 valence electrons. The largest absolute Gasteiger partial charge is 0.385 e. The molecule has 2 rings (SSSR count). The number of pyridine rings is 1. The van der Waals surface area contributed by atoms with E-state index in [1.165, 1.54) is 0 Å². The minimum absolute atomic E-state index is 0.201. The number of nitrogens with one attached hydrogen (secondary N) is 2. The van der Waals surface area contributed by atoms with E-state index in [1.54, 1.807) is 24.0 Å². The molecule has 0 spiro atoms. The highest BCUT2D eigenvalue weighted by molar-refractivity contribution is 7.98. The Balaban J connectivity index is 2.08. The summed E-state index contributed by atoms with van der Waals surface area (Å²) in [6, 6.07) is 11.4. The summed E-state index contributed by atoms with van der Waals surface area (Å²) in [5.74, 6) is -0.201. The van der Waals surface area contributed by atoms with Crippen molar-refractivity contribution < 1.29 is 4.79 Å². The van der Waals surface area contributed by atoms with E-state index in [0.717, 1.165) is 29.2 Å². The number of hydrogen-bond donors (Lipinski definition) is 2. The highest BCUT2D eigenvalue weighted by Gasteiger charge is 2.08. The highest BCUT2D eigenvalue weighted by atomic mass is 32.2. The minimum Gasteiger partial charge on any atom is -0.385 e. The van der Waals surface area contributed by atoms with Crippen molar-refractivity contribution in [3.8, 4) is 0 Å². The van der Waals surface area contributed by atoms with Crippen molar-refractivity contribution in [1.82, 2.24) is 4.98 Å². The van der Waals surface area contributed by atoms with Crippen molar-refractivity contribution in [3.05, 3.63) is 48.3 Å². The average Bonchev–Trinajstić information content (AvgIpc) is 2.53. The lowest BCUT2D eigenvalue weighted by molar-refractivity contribution is 0.102. The second-order valence-corrected chi connectivity index (χ2v) is 5.42. The van der Waals surface area contributed by atoms with Crippen LogP contribution in [0.2, 0.25) is 0 Å². The number of hydrogen-bond acceptors (Lipinski definition) is 4. The molecule has 1 amide bonds. The van der Waals surface area contributed by atoms with Gasteiger partial charge in [0, 0.05) is 29.0 Å². The third-order valence-electron chi connectivity index (χ3n) is 2.90. The number of aromatic nitrogens is 1. The molecule has 5 heteroatoms. The summed E-state index contributed by atoms with van der Waals surface area (Å²) in [6.07, 6.45) is 4.68. The van der Waals surface area contributed by atoms with Crippen LogP contribution in [0, 0.1) is 0 Å². The molecule has 0 bridgehead atoms. The molecule has 0 unspecified atom stereocenters. The van der Waals surface area contributed by atoms with Gasteiger partial charge in [-0.1, -0.05) is 13.0 Å². The van der Waals surface area contributed by atoms with Gasteiger partial charge in [-0.05, 0) is 43.0 Å². The van der Waals surface area contributed by atoms with Crippen LogP contribution >= 0.6 is 11.8 Å². The molecule has 0 aliphatic rings. The fourth-order valence-electron chi connectivity index (χ4n) is 1.83. The second-order valence-electron chi connectivity index (χ2n) is 4.54. The lowest BCUT2D eigenvalue weighted by Gasteiger charge is -2.08. The minimum atomic E-state index is -0.201. The van der Waals surface area contributed by atoms with Gasteiger partial charge in [0.15, 0.2) is 0 Å². The Hall–Kier alpha value is -2.01. The van der Waals surface area contributed by atoms with E-state index < -0.39 is 0 Å². The zero-order valence-electron chi connectivity index (χ0n) is 12.2. The van der Waals surface area contributed by atoms with Gasteiger partial charge in [-0.15, -0.1) is 11.8 Å². The van der Waals surface area contributed by atoms with Crippen molar-refractivity contribution >= 4 is 29.0 Å². The maximum absolute atomic E-state index is 12.2. The topological polar surface area (TPSA) is 54.0 Å². The average molecular weight is 301 g/mol. The number of carbonyl (C=O) groups excluding carboxylic acids is 1. The van der Waals surface area contributed by atoms with E-state index in [-0.39, 0.29) is 5.91 Å². The molecular formula is C16H19N3OS. The van der Waals surface area contributed by atoms with E-state index in [9.17, 15) is 4.79 Å². The van der Waals surface area contributed by atoms with Gasteiger partial charge in [0.1, 0.15) is 5.69 Å². The van der Waals surface area contributed by atoms with E-state index in [0.29, 0.717) is 5.69 Å². The fraction of sp³-hybridized carbons (Fsp3) is 0.250. The van der Waals surface area contributed by atoms with Gasteiger partial charge in [0.2, 0.25) is 0 Å². The van der Waals surface area contributed by atoms with Crippen LogP contribution in [0.1, 0.15) is 23.8 Å². The van der Waals surface area contributed by atoms with Gasteiger partial charge in [-0.25, -0.2) is 0 Å². The molecule has 0 atom stereocenters. The quantitative estimate of drug-likeness (QED) is 0.795. The number of benzene rings is 1. The molecule has 1 aromatic heterocycles. The predicted molar refractivity (Wildman–Crippen MR) is 89.2 cm³/mol. The smallest absolute Gasteiger partial charge is 0.274 e. The predicted octanol–water partition coefficient (Wildman–Crippen LogP) is 3.88. The van der Waals surface area contributed by atoms with Crippen LogP contribution in [0.15, 0.2) is 47.5 Å². The zero-order valence-corrected chi connectivity index (χ0v) is 13.0. The van der Waals surface area contributed by atoms with Crippen molar-refractivity contribution in [2.45, 2.75) is 18.2 Å². The van der Waals surface area contributed by atoms with Gasteiger partial charge in [-0.3, -0.25) is 9.78 Å². The maximum Gasteiger partial charge on any atom is 0.274 e. The van der Waals surface area contributed by atoms with Crippen molar-refractivity contribution in [3.63, 3.8) is 0 Å². The van der Waals surface area contributed by atoms with Crippen LogP contribution < -0.4 is 10.6 Å². The van der Waals surface area contributed by atoms with Gasteiger partial charge in [0.25, 0.3) is 5.91 Å². The van der Waals surface area contributed by atoms with Crippen molar-refractivity contribution in [2.75, 3.05) is 23.4 Å². The zero-order chi connectivity index (χ0) is 15.1. The Morgan fingerprint density at radius 3 is 2.86 bits per heavy atom. The van der Waals surface area contributed by atoms with Crippen LogP contribution in [0.25, 0.3) is 0 Å². The molecular weight excluding hydrogens is 282 g/mol. The second kappa shape index (κ2) is 7.69. The number of nitrogens with zero attached hydrogens (tertiary/aromatic N) is 1. The summed E-state index contributed by atoms with van der Waals surface area (Å²) in [6.45, 7) is 2.97. The molecule has 0 fully saturated rings. The van der Waals surface area contributed by atoms with Gasteiger partial charge in [0.05, 0.1) is 0 Å². The first-order valence-electron chi connectivity index (χ1n) is 6.88. The lowest BCUT2D eigenvalue weighted by atomic mass is 10.2. The molecule has 0 aliphatic heterocycles. The Kier molecular flexibility index (Phi) is 5.63. The molecule has 0 saturated carbocycles. The third-order valence-corrected chi connectivity index (χ3v) is 3.62.